The molecule has 5 heteroatoms. The van der Waals surface area contributed by atoms with Crippen LogP contribution in [0.15, 0.2) is 60.0 Å². The zero-order valence-electron chi connectivity index (χ0n) is 13.8. The second kappa shape index (κ2) is 7.94. The van der Waals surface area contributed by atoms with Gasteiger partial charge in [-0.05, 0) is 47.7 Å². The first-order valence-electron chi connectivity index (χ1n) is 8.00. The van der Waals surface area contributed by atoms with Gasteiger partial charge in [0.2, 0.25) is 0 Å². The Bertz CT molecular complexity index is 858. The molecule has 3 nitrogen and oxygen atoms in total. The van der Waals surface area contributed by atoms with E-state index >= 15 is 0 Å². The van der Waals surface area contributed by atoms with Crippen molar-refractivity contribution < 1.29 is 13.9 Å². The van der Waals surface area contributed by atoms with Crippen molar-refractivity contribution >= 4 is 22.9 Å². The van der Waals surface area contributed by atoms with Crippen molar-refractivity contribution in [2.45, 2.75) is 20.0 Å². The molecule has 0 saturated heterocycles. The lowest BCUT2D eigenvalue weighted by molar-refractivity contribution is 0.103. The van der Waals surface area contributed by atoms with Crippen molar-refractivity contribution in [1.29, 1.82) is 0 Å². The molecule has 0 saturated carbocycles. The Morgan fingerprint density at radius 1 is 1.12 bits per heavy atom. The summed E-state index contributed by atoms with van der Waals surface area (Å²) < 4.78 is 18.7. The molecule has 1 amide bonds. The van der Waals surface area contributed by atoms with Crippen molar-refractivity contribution in [3.63, 3.8) is 0 Å². The summed E-state index contributed by atoms with van der Waals surface area (Å²) in [5.74, 6) is -0.0172. The minimum Gasteiger partial charge on any atom is -0.489 e. The quantitative estimate of drug-likeness (QED) is 0.653. The number of ether oxygens (including phenoxy) is 1. The number of rotatable bonds is 6. The highest BCUT2D eigenvalue weighted by Crippen LogP contribution is 2.20. The van der Waals surface area contributed by atoms with E-state index in [2.05, 4.69) is 12.2 Å². The second-order valence-corrected chi connectivity index (χ2v) is 6.48. The fraction of sp³-hybridized carbons (Fsp3) is 0.150. The van der Waals surface area contributed by atoms with Crippen LogP contribution in [0.5, 0.6) is 5.75 Å². The normalized spacial score (nSPS) is 10.5. The maximum atomic E-state index is 13.1. The molecule has 0 aliphatic rings. The number of carbonyl (C=O) groups excluding carboxylic acids is 1. The van der Waals surface area contributed by atoms with Crippen LogP contribution in [-0.4, -0.2) is 5.91 Å². The summed E-state index contributed by atoms with van der Waals surface area (Å²) in [6, 6.07) is 15.6. The Morgan fingerprint density at radius 2 is 1.92 bits per heavy atom. The standard InChI is InChI=1S/C20H18FNO2S/c1-2-14-6-8-17(9-7-14)22-20(23)19-10-15(13-25-19)12-24-18-5-3-4-16(21)11-18/h3-11,13H,2,12H2,1H3,(H,22,23). The van der Waals surface area contributed by atoms with Gasteiger partial charge in [-0.15, -0.1) is 11.3 Å². The highest BCUT2D eigenvalue weighted by molar-refractivity contribution is 7.12. The van der Waals surface area contributed by atoms with Crippen LogP contribution in [0.4, 0.5) is 10.1 Å². The number of aryl methyl sites for hydroxylation is 1. The van der Waals surface area contributed by atoms with Crippen LogP contribution in [-0.2, 0) is 13.0 Å². The van der Waals surface area contributed by atoms with Gasteiger partial charge in [0.05, 0.1) is 4.88 Å². The van der Waals surface area contributed by atoms with Crippen LogP contribution in [0.2, 0.25) is 0 Å². The lowest BCUT2D eigenvalue weighted by Crippen LogP contribution is -2.10. The molecule has 0 atom stereocenters. The van der Waals surface area contributed by atoms with Gasteiger partial charge in [0, 0.05) is 17.3 Å². The number of benzene rings is 2. The van der Waals surface area contributed by atoms with E-state index in [-0.39, 0.29) is 11.7 Å². The topological polar surface area (TPSA) is 38.3 Å². The van der Waals surface area contributed by atoms with Gasteiger partial charge in [-0.2, -0.15) is 0 Å². The molecule has 0 bridgehead atoms. The molecule has 2 aromatic carbocycles. The van der Waals surface area contributed by atoms with Gasteiger partial charge in [0.1, 0.15) is 18.2 Å². The number of halogens is 1. The van der Waals surface area contributed by atoms with E-state index in [1.165, 1.54) is 29.0 Å². The van der Waals surface area contributed by atoms with Gasteiger partial charge >= 0.3 is 0 Å². The lowest BCUT2D eigenvalue weighted by atomic mass is 10.1. The number of thiophene rings is 1. The molecular formula is C20H18FNO2S. The highest BCUT2D eigenvalue weighted by atomic mass is 32.1. The Balaban J connectivity index is 1.59. The van der Waals surface area contributed by atoms with Crippen molar-refractivity contribution in [3.05, 3.63) is 81.8 Å². The predicted molar refractivity (Wildman–Crippen MR) is 98.8 cm³/mol. The van der Waals surface area contributed by atoms with Gasteiger partial charge < -0.3 is 10.1 Å². The lowest BCUT2D eigenvalue weighted by Gasteiger charge is -2.05. The number of hydrogen-bond acceptors (Lipinski definition) is 3. The van der Waals surface area contributed by atoms with Crippen molar-refractivity contribution in [2.75, 3.05) is 5.32 Å². The van der Waals surface area contributed by atoms with E-state index in [9.17, 15) is 9.18 Å². The minimum atomic E-state index is -0.336. The SMILES string of the molecule is CCc1ccc(NC(=O)c2cc(COc3cccc(F)c3)cs2)cc1. The summed E-state index contributed by atoms with van der Waals surface area (Å²) in [6.45, 7) is 2.38. The van der Waals surface area contributed by atoms with Crippen LogP contribution < -0.4 is 10.1 Å². The van der Waals surface area contributed by atoms with Crippen molar-refractivity contribution in [3.8, 4) is 5.75 Å². The predicted octanol–water partition coefficient (Wildman–Crippen LogP) is 5.28. The first-order chi connectivity index (χ1) is 12.1. The van der Waals surface area contributed by atoms with E-state index in [0.29, 0.717) is 17.2 Å². The summed E-state index contributed by atoms with van der Waals surface area (Å²) >= 11 is 1.36. The third kappa shape index (κ3) is 4.67. The first kappa shape index (κ1) is 17.2. The fourth-order valence-electron chi connectivity index (χ4n) is 2.31. The number of amides is 1. The monoisotopic (exact) mass is 355 g/mol. The summed E-state index contributed by atoms with van der Waals surface area (Å²) in [7, 11) is 0. The van der Waals surface area contributed by atoms with E-state index in [4.69, 9.17) is 4.74 Å². The number of nitrogens with one attached hydrogen (secondary N) is 1. The largest absolute Gasteiger partial charge is 0.489 e. The van der Waals surface area contributed by atoms with Crippen LogP contribution in [0.25, 0.3) is 0 Å². The van der Waals surface area contributed by atoms with E-state index in [0.717, 1.165) is 17.7 Å². The molecule has 0 spiro atoms. The zero-order chi connectivity index (χ0) is 17.6. The Morgan fingerprint density at radius 3 is 2.64 bits per heavy atom. The molecule has 25 heavy (non-hydrogen) atoms. The molecule has 3 rings (SSSR count). The number of carbonyl (C=O) groups is 1. The third-order valence-electron chi connectivity index (χ3n) is 3.70. The molecule has 0 radical (unpaired) electrons. The first-order valence-corrected chi connectivity index (χ1v) is 8.88. The van der Waals surface area contributed by atoms with E-state index in [1.54, 1.807) is 18.2 Å². The van der Waals surface area contributed by atoms with E-state index < -0.39 is 0 Å². The maximum Gasteiger partial charge on any atom is 0.265 e. The third-order valence-corrected chi connectivity index (χ3v) is 4.68. The van der Waals surface area contributed by atoms with Crippen molar-refractivity contribution in [2.24, 2.45) is 0 Å². The zero-order valence-corrected chi connectivity index (χ0v) is 14.6. The van der Waals surface area contributed by atoms with E-state index in [1.807, 2.05) is 29.6 Å². The van der Waals surface area contributed by atoms with Gasteiger partial charge in [-0.25, -0.2) is 4.39 Å². The second-order valence-electron chi connectivity index (χ2n) is 5.57. The fourth-order valence-corrected chi connectivity index (χ4v) is 3.10. The maximum absolute atomic E-state index is 13.1. The summed E-state index contributed by atoms with van der Waals surface area (Å²) in [5.41, 5.74) is 2.87. The molecule has 0 aliphatic carbocycles. The summed E-state index contributed by atoms with van der Waals surface area (Å²) in [5, 5.41) is 4.75. The molecule has 0 aliphatic heterocycles. The van der Waals surface area contributed by atoms with Crippen LogP contribution in [0.3, 0.4) is 0 Å². The van der Waals surface area contributed by atoms with Crippen molar-refractivity contribution in [1.82, 2.24) is 0 Å². The Kier molecular flexibility index (Phi) is 5.46. The molecule has 3 aromatic rings. The summed E-state index contributed by atoms with van der Waals surface area (Å²) in [6.07, 6.45) is 0.966. The van der Waals surface area contributed by atoms with Crippen LogP contribution >= 0.6 is 11.3 Å². The number of anilines is 1. The van der Waals surface area contributed by atoms with Crippen LogP contribution in [0.1, 0.15) is 27.7 Å². The molecule has 1 N–H and O–H groups in total. The molecule has 1 aromatic heterocycles. The van der Waals surface area contributed by atoms with Gasteiger partial charge in [-0.1, -0.05) is 25.1 Å². The molecule has 0 fully saturated rings. The Labute approximate surface area is 150 Å². The minimum absolute atomic E-state index is 0.147. The van der Waals surface area contributed by atoms with Crippen LogP contribution in [0, 0.1) is 5.82 Å². The highest BCUT2D eigenvalue weighted by Gasteiger charge is 2.10. The average molecular weight is 355 g/mol. The average Bonchev–Trinajstić information content (AvgIpc) is 3.10. The smallest absolute Gasteiger partial charge is 0.265 e. The number of hydrogen-bond donors (Lipinski definition) is 1. The Hall–Kier alpha value is -2.66. The molecule has 128 valence electrons. The van der Waals surface area contributed by atoms with Gasteiger partial charge in [-0.3, -0.25) is 4.79 Å². The molecular weight excluding hydrogens is 337 g/mol. The molecule has 1 heterocycles. The van der Waals surface area contributed by atoms with Gasteiger partial charge in [0.25, 0.3) is 5.91 Å². The molecule has 0 unspecified atom stereocenters. The summed E-state index contributed by atoms with van der Waals surface area (Å²) in [4.78, 5) is 12.9. The van der Waals surface area contributed by atoms with Gasteiger partial charge in [0.15, 0.2) is 0 Å².